The Bertz CT molecular complexity index is 546. The first-order chi connectivity index (χ1) is 9.19. The average molecular weight is 325 g/mol. The summed E-state index contributed by atoms with van der Waals surface area (Å²) in [6.07, 6.45) is 1.72. The molecule has 0 aliphatic rings. The Morgan fingerprint density at radius 2 is 2.16 bits per heavy atom. The molecule has 3 nitrogen and oxygen atoms in total. The Morgan fingerprint density at radius 3 is 2.84 bits per heavy atom. The zero-order chi connectivity index (χ0) is 13.7. The van der Waals surface area contributed by atoms with Crippen molar-refractivity contribution >= 4 is 15.9 Å². The van der Waals surface area contributed by atoms with Gasteiger partial charge < -0.3 is 10.1 Å². The van der Waals surface area contributed by atoms with E-state index in [1.807, 2.05) is 19.2 Å². The lowest BCUT2D eigenvalue weighted by molar-refractivity contribution is 0.297. The standard InChI is InChI=1S/C14H14BrFN2O/c1-17-7-10-6-12(16)3-5-14(10)19-9-13-4-2-11(15)8-18-13/h2-6,8,17H,7,9H2,1H3. The molecule has 0 aliphatic carbocycles. The molecule has 0 saturated heterocycles. The monoisotopic (exact) mass is 324 g/mol. The third kappa shape index (κ3) is 4.01. The Morgan fingerprint density at radius 1 is 1.32 bits per heavy atom. The highest BCUT2D eigenvalue weighted by atomic mass is 79.9. The molecule has 0 spiro atoms. The third-order valence-corrected chi connectivity index (χ3v) is 3.02. The van der Waals surface area contributed by atoms with E-state index in [0.29, 0.717) is 18.9 Å². The molecule has 0 saturated carbocycles. The summed E-state index contributed by atoms with van der Waals surface area (Å²) in [6.45, 7) is 0.913. The van der Waals surface area contributed by atoms with E-state index < -0.39 is 0 Å². The minimum absolute atomic E-state index is 0.264. The molecule has 1 aromatic heterocycles. The van der Waals surface area contributed by atoms with Crippen LogP contribution < -0.4 is 10.1 Å². The molecule has 100 valence electrons. The number of rotatable bonds is 5. The van der Waals surface area contributed by atoms with Crippen molar-refractivity contribution in [3.63, 3.8) is 0 Å². The second-order valence-corrected chi connectivity index (χ2v) is 4.95. The predicted molar refractivity (Wildman–Crippen MR) is 75.4 cm³/mol. The predicted octanol–water partition coefficient (Wildman–Crippen LogP) is 3.28. The number of benzene rings is 1. The van der Waals surface area contributed by atoms with Crippen molar-refractivity contribution in [3.8, 4) is 5.75 Å². The highest BCUT2D eigenvalue weighted by Gasteiger charge is 2.05. The number of pyridine rings is 1. The molecule has 0 fully saturated rings. The van der Waals surface area contributed by atoms with E-state index in [1.54, 1.807) is 12.3 Å². The summed E-state index contributed by atoms with van der Waals surface area (Å²) in [4.78, 5) is 4.22. The SMILES string of the molecule is CNCc1cc(F)ccc1OCc1ccc(Br)cn1. The first-order valence-electron chi connectivity index (χ1n) is 5.85. The molecule has 19 heavy (non-hydrogen) atoms. The Kier molecular flexibility index (Phi) is 4.87. The minimum Gasteiger partial charge on any atom is -0.487 e. The lowest BCUT2D eigenvalue weighted by atomic mass is 10.2. The number of hydrogen-bond acceptors (Lipinski definition) is 3. The normalized spacial score (nSPS) is 10.5. The number of nitrogens with one attached hydrogen (secondary N) is 1. The molecular weight excluding hydrogens is 311 g/mol. The van der Waals surface area contributed by atoms with Crippen LogP contribution in [0.3, 0.4) is 0 Å². The number of aromatic nitrogens is 1. The van der Waals surface area contributed by atoms with Crippen LogP contribution in [0, 0.1) is 5.82 Å². The number of halogens is 2. The van der Waals surface area contributed by atoms with Crippen LogP contribution in [0.2, 0.25) is 0 Å². The molecule has 5 heteroatoms. The van der Waals surface area contributed by atoms with Gasteiger partial charge in [0, 0.05) is 22.8 Å². The number of hydrogen-bond donors (Lipinski definition) is 1. The van der Waals surface area contributed by atoms with E-state index in [-0.39, 0.29) is 5.82 Å². The van der Waals surface area contributed by atoms with E-state index in [1.165, 1.54) is 12.1 Å². The molecule has 0 amide bonds. The van der Waals surface area contributed by atoms with Crippen molar-refractivity contribution in [2.45, 2.75) is 13.2 Å². The zero-order valence-electron chi connectivity index (χ0n) is 10.5. The van der Waals surface area contributed by atoms with Gasteiger partial charge in [-0.15, -0.1) is 0 Å². The van der Waals surface area contributed by atoms with Crippen LogP contribution in [0.5, 0.6) is 5.75 Å². The quantitative estimate of drug-likeness (QED) is 0.916. The van der Waals surface area contributed by atoms with Gasteiger partial charge >= 0.3 is 0 Å². The van der Waals surface area contributed by atoms with Crippen LogP contribution in [0.25, 0.3) is 0 Å². The van der Waals surface area contributed by atoms with Gasteiger partial charge in [-0.3, -0.25) is 4.98 Å². The van der Waals surface area contributed by atoms with Crippen LogP contribution >= 0.6 is 15.9 Å². The molecule has 0 atom stereocenters. The third-order valence-electron chi connectivity index (χ3n) is 2.55. The van der Waals surface area contributed by atoms with Gasteiger partial charge in [0.1, 0.15) is 18.2 Å². The van der Waals surface area contributed by atoms with Crippen molar-refractivity contribution in [2.75, 3.05) is 7.05 Å². The number of nitrogens with zero attached hydrogens (tertiary/aromatic N) is 1. The van der Waals surface area contributed by atoms with Gasteiger partial charge in [0.05, 0.1) is 5.69 Å². The maximum absolute atomic E-state index is 13.2. The molecule has 0 bridgehead atoms. The average Bonchev–Trinajstić information content (AvgIpc) is 2.40. The van der Waals surface area contributed by atoms with Crippen molar-refractivity contribution < 1.29 is 9.13 Å². The maximum atomic E-state index is 13.2. The van der Waals surface area contributed by atoms with Crippen molar-refractivity contribution in [3.05, 3.63) is 58.1 Å². The van der Waals surface area contributed by atoms with E-state index in [2.05, 4.69) is 26.2 Å². The topological polar surface area (TPSA) is 34.1 Å². The zero-order valence-corrected chi connectivity index (χ0v) is 12.1. The van der Waals surface area contributed by atoms with E-state index in [4.69, 9.17) is 4.74 Å². The van der Waals surface area contributed by atoms with Gasteiger partial charge in [0.15, 0.2) is 0 Å². The van der Waals surface area contributed by atoms with Gasteiger partial charge in [-0.2, -0.15) is 0 Å². The minimum atomic E-state index is -0.264. The van der Waals surface area contributed by atoms with Crippen LogP contribution in [0.15, 0.2) is 41.0 Å². The van der Waals surface area contributed by atoms with Gasteiger partial charge in [-0.25, -0.2) is 4.39 Å². The van der Waals surface area contributed by atoms with Crippen LogP contribution in [0.4, 0.5) is 4.39 Å². The van der Waals surface area contributed by atoms with Crippen molar-refractivity contribution in [2.24, 2.45) is 0 Å². The molecule has 2 aromatic rings. The summed E-state index contributed by atoms with van der Waals surface area (Å²) in [5.74, 6) is 0.403. The summed E-state index contributed by atoms with van der Waals surface area (Å²) >= 11 is 3.33. The fourth-order valence-corrected chi connectivity index (χ4v) is 1.90. The summed E-state index contributed by atoms with van der Waals surface area (Å²) in [6, 6.07) is 8.29. The fraction of sp³-hybridized carbons (Fsp3) is 0.214. The van der Waals surface area contributed by atoms with Crippen molar-refractivity contribution in [1.29, 1.82) is 0 Å². The largest absolute Gasteiger partial charge is 0.487 e. The molecule has 0 unspecified atom stereocenters. The molecule has 1 heterocycles. The second-order valence-electron chi connectivity index (χ2n) is 4.04. The van der Waals surface area contributed by atoms with Gasteiger partial charge in [-0.1, -0.05) is 0 Å². The molecular formula is C14H14BrFN2O. The first-order valence-corrected chi connectivity index (χ1v) is 6.64. The van der Waals surface area contributed by atoms with Gasteiger partial charge in [-0.05, 0) is 53.3 Å². The second kappa shape index (κ2) is 6.63. The van der Waals surface area contributed by atoms with Gasteiger partial charge in [0.25, 0.3) is 0 Å². The maximum Gasteiger partial charge on any atom is 0.130 e. The van der Waals surface area contributed by atoms with E-state index >= 15 is 0 Å². The van der Waals surface area contributed by atoms with Gasteiger partial charge in [0.2, 0.25) is 0 Å². The molecule has 0 aliphatic heterocycles. The van der Waals surface area contributed by atoms with E-state index in [0.717, 1.165) is 15.7 Å². The first kappa shape index (κ1) is 14.0. The van der Waals surface area contributed by atoms with E-state index in [9.17, 15) is 4.39 Å². The van der Waals surface area contributed by atoms with Crippen molar-refractivity contribution in [1.82, 2.24) is 10.3 Å². The summed E-state index contributed by atoms with van der Waals surface area (Å²) in [7, 11) is 1.81. The highest BCUT2D eigenvalue weighted by molar-refractivity contribution is 9.10. The Labute approximate surface area is 119 Å². The Balaban J connectivity index is 2.08. The molecule has 0 radical (unpaired) electrons. The molecule has 1 N–H and O–H groups in total. The van der Waals surface area contributed by atoms with Crippen LogP contribution in [0.1, 0.15) is 11.3 Å². The summed E-state index contributed by atoms with van der Waals surface area (Å²) < 4.78 is 19.8. The number of ether oxygens (including phenoxy) is 1. The molecule has 2 rings (SSSR count). The molecule has 1 aromatic carbocycles. The van der Waals surface area contributed by atoms with Crippen LogP contribution in [-0.4, -0.2) is 12.0 Å². The highest BCUT2D eigenvalue weighted by Crippen LogP contribution is 2.20. The van der Waals surface area contributed by atoms with Crippen LogP contribution in [-0.2, 0) is 13.2 Å². The lowest BCUT2D eigenvalue weighted by Gasteiger charge is -2.11. The summed E-state index contributed by atoms with van der Waals surface area (Å²) in [5, 5.41) is 2.99. The lowest BCUT2D eigenvalue weighted by Crippen LogP contribution is -2.08. The Hall–Kier alpha value is -1.46. The smallest absolute Gasteiger partial charge is 0.130 e. The fourth-order valence-electron chi connectivity index (χ4n) is 1.66. The summed E-state index contributed by atoms with van der Waals surface area (Å²) in [5.41, 5.74) is 1.61.